The van der Waals surface area contributed by atoms with Crippen molar-refractivity contribution in [2.45, 2.75) is 26.4 Å². The summed E-state index contributed by atoms with van der Waals surface area (Å²) in [7, 11) is 0. The quantitative estimate of drug-likeness (QED) is 0.565. The fraction of sp³-hybridized carbons (Fsp3) is 0.250. The van der Waals surface area contributed by atoms with Gasteiger partial charge in [-0.1, -0.05) is 6.92 Å². The van der Waals surface area contributed by atoms with Gasteiger partial charge < -0.3 is 9.13 Å². The van der Waals surface area contributed by atoms with Crippen molar-refractivity contribution in [1.82, 2.24) is 29.1 Å². The van der Waals surface area contributed by atoms with Crippen LogP contribution in [0.2, 0.25) is 0 Å². The number of hydrogen-bond acceptors (Lipinski definition) is 5. The molecular formula is C16H16N6S. The monoisotopic (exact) mass is 324 g/mol. The number of nitrogens with zero attached hydrogens (tertiary/aromatic N) is 6. The summed E-state index contributed by atoms with van der Waals surface area (Å²) in [6.45, 7) is 3.79. The summed E-state index contributed by atoms with van der Waals surface area (Å²) in [6.07, 6.45) is 10.3. The molecule has 23 heavy (non-hydrogen) atoms. The van der Waals surface area contributed by atoms with Crippen molar-refractivity contribution in [2.24, 2.45) is 0 Å². The van der Waals surface area contributed by atoms with Crippen LogP contribution in [0.5, 0.6) is 0 Å². The van der Waals surface area contributed by atoms with Gasteiger partial charge in [-0.25, -0.2) is 15.0 Å². The number of fused-ring (bicyclic) bond motifs is 1. The highest BCUT2D eigenvalue weighted by atomic mass is 32.1. The topological polar surface area (TPSA) is 61.4 Å². The summed E-state index contributed by atoms with van der Waals surface area (Å²) in [5.41, 5.74) is 2.07. The molecule has 0 amide bonds. The third kappa shape index (κ3) is 2.53. The Morgan fingerprint density at radius 3 is 2.96 bits per heavy atom. The SMILES string of the molecule is CCCn1c(Cn2ccnc2-c2nccs2)nc2cnccc21. The van der Waals surface area contributed by atoms with Crippen molar-refractivity contribution in [3.8, 4) is 10.8 Å². The lowest BCUT2D eigenvalue weighted by Crippen LogP contribution is -2.09. The Labute approximate surface area is 137 Å². The molecule has 4 rings (SSSR count). The molecule has 6 nitrogen and oxygen atoms in total. The van der Waals surface area contributed by atoms with Crippen LogP contribution in [0.1, 0.15) is 19.2 Å². The molecule has 0 aliphatic carbocycles. The minimum atomic E-state index is 0.670. The Hall–Kier alpha value is -2.54. The van der Waals surface area contributed by atoms with E-state index in [2.05, 4.69) is 31.0 Å². The van der Waals surface area contributed by atoms with Crippen molar-refractivity contribution in [3.63, 3.8) is 0 Å². The fourth-order valence-corrected chi connectivity index (χ4v) is 3.39. The second kappa shape index (κ2) is 5.92. The maximum absolute atomic E-state index is 4.76. The lowest BCUT2D eigenvalue weighted by Gasteiger charge is -2.09. The molecule has 0 aromatic carbocycles. The van der Waals surface area contributed by atoms with Crippen molar-refractivity contribution in [3.05, 3.63) is 48.3 Å². The van der Waals surface area contributed by atoms with E-state index in [1.54, 1.807) is 17.5 Å². The summed E-state index contributed by atoms with van der Waals surface area (Å²) < 4.78 is 4.36. The number of thiazole rings is 1. The molecule has 0 aliphatic rings. The Kier molecular flexibility index (Phi) is 3.63. The zero-order valence-corrected chi connectivity index (χ0v) is 13.6. The first kappa shape index (κ1) is 14.1. The fourth-order valence-electron chi connectivity index (χ4n) is 2.75. The van der Waals surface area contributed by atoms with Gasteiger partial charge in [0.2, 0.25) is 0 Å². The second-order valence-corrected chi connectivity index (χ2v) is 6.15. The van der Waals surface area contributed by atoms with E-state index in [0.29, 0.717) is 6.54 Å². The van der Waals surface area contributed by atoms with Gasteiger partial charge in [0, 0.05) is 36.7 Å². The Morgan fingerprint density at radius 1 is 1.17 bits per heavy atom. The van der Waals surface area contributed by atoms with Crippen LogP contribution in [0.25, 0.3) is 21.9 Å². The smallest absolute Gasteiger partial charge is 0.169 e. The molecule has 7 heteroatoms. The molecule has 116 valence electrons. The highest BCUT2D eigenvalue weighted by Crippen LogP contribution is 2.22. The van der Waals surface area contributed by atoms with Crippen LogP contribution in [-0.2, 0) is 13.1 Å². The molecular weight excluding hydrogens is 308 g/mol. The third-order valence-electron chi connectivity index (χ3n) is 3.73. The Bertz CT molecular complexity index is 921. The molecule has 0 bridgehead atoms. The van der Waals surface area contributed by atoms with Crippen LogP contribution in [0.15, 0.2) is 42.4 Å². The molecule has 4 aromatic rings. The van der Waals surface area contributed by atoms with Crippen molar-refractivity contribution in [1.29, 1.82) is 0 Å². The molecule has 0 unspecified atom stereocenters. The first-order valence-electron chi connectivity index (χ1n) is 7.57. The molecule has 0 fully saturated rings. The standard InChI is InChI=1S/C16H16N6S/c1-2-7-22-13-3-4-17-10-12(13)20-14(22)11-21-8-5-18-15(21)16-19-6-9-23-16/h3-6,8-10H,2,7,11H2,1H3. The van der Waals surface area contributed by atoms with Crippen molar-refractivity contribution in [2.75, 3.05) is 0 Å². The molecule has 0 spiro atoms. The van der Waals surface area contributed by atoms with Crippen LogP contribution >= 0.6 is 11.3 Å². The highest BCUT2D eigenvalue weighted by molar-refractivity contribution is 7.13. The normalized spacial score (nSPS) is 11.3. The van der Waals surface area contributed by atoms with Gasteiger partial charge in [0.25, 0.3) is 0 Å². The summed E-state index contributed by atoms with van der Waals surface area (Å²) >= 11 is 1.59. The predicted octanol–water partition coefficient (Wildman–Crippen LogP) is 3.21. The lowest BCUT2D eigenvalue weighted by molar-refractivity contribution is 0.627. The predicted molar refractivity (Wildman–Crippen MR) is 90.3 cm³/mol. The Morgan fingerprint density at radius 2 is 2.13 bits per heavy atom. The molecule has 0 N–H and O–H groups in total. The van der Waals surface area contributed by atoms with Gasteiger partial charge in [-0.3, -0.25) is 4.98 Å². The van der Waals surface area contributed by atoms with Crippen LogP contribution in [0.3, 0.4) is 0 Å². The number of rotatable bonds is 5. The molecule has 0 atom stereocenters. The van der Waals surface area contributed by atoms with E-state index in [4.69, 9.17) is 4.98 Å². The molecule has 0 aliphatic heterocycles. The number of aromatic nitrogens is 6. The Balaban J connectivity index is 1.76. The van der Waals surface area contributed by atoms with Gasteiger partial charge in [-0.2, -0.15) is 0 Å². The van der Waals surface area contributed by atoms with Gasteiger partial charge >= 0.3 is 0 Å². The van der Waals surface area contributed by atoms with E-state index < -0.39 is 0 Å². The number of imidazole rings is 2. The summed E-state index contributed by atoms with van der Waals surface area (Å²) in [4.78, 5) is 17.7. The molecule has 0 saturated heterocycles. The van der Waals surface area contributed by atoms with E-state index in [9.17, 15) is 0 Å². The molecule has 4 aromatic heterocycles. The zero-order valence-electron chi connectivity index (χ0n) is 12.8. The van der Waals surface area contributed by atoms with Crippen molar-refractivity contribution >= 4 is 22.4 Å². The number of hydrogen-bond donors (Lipinski definition) is 0. The second-order valence-electron chi connectivity index (χ2n) is 5.26. The van der Waals surface area contributed by atoms with E-state index in [-0.39, 0.29) is 0 Å². The van der Waals surface area contributed by atoms with Crippen LogP contribution in [-0.4, -0.2) is 29.1 Å². The summed E-state index contributed by atoms with van der Waals surface area (Å²) in [5, 5.41) is 2.89. The molecule has 0 radical (unpaired) electrons. The number of pyridine rings is 1. The largest absolute Gasteiger partial charge is 0.326 e. The minimum absolute atomic E-state index is 0.670. The highest BCUT2D eigenvalue weighted by Gasteiger charge is 2.14. The molecule has 0 saturated carbocycles. The maximum Gasteiger partial charge on any atom is 0.169 e. The zero-order chi connectivity index (χ0) is 15.6. The van der Waals surface area contributed by atoms with Crippen molar-refractivity contribution < 1.29 is 0 Å². The van der Waals surface area contributed by atoms with Gasteiger partial charge in [0.05, 0.1) is 18.3 Å². The first-order valence-corrected chi connectivity index (χ1v) is 8.45. The van der Waals surface area contributed by atoms with E-state index in [1.165, 1.54) is 0 Å². The average Bonchev–Trinajstić information content (AvgIpc) is 3.28. The van der Waals surface area contributed by atoms with Gasteiger partial charge in [-0.05, 0) is 12.5 Å². The van der Waals surface area contributed by atoms with E-state index >= 15 is 0 Å². The summed E-state index contributed by atoms with van der Waals surface area (Å²) in [6, 6.07) is 2.02. The maximum atomic E-state index is 4.76. The summed E-state index contributed by atoms with van der Waals surface area (Å²) in [5.74, 6) is 1.90. The van der Waals surface area contributed by atoms with Gasteiger partial charge in [0.15, 0.2) is 10.8 Å². The third-order valence-corrected chi connectivity index (χ3v) is 4.50. The van der Waals surface area contributed by atoms with Crippen LogP contribution in [0.4, 0.5) is 0 Å². The van der Waals surface area contributed by atoms with Crippen LogP contribution in [0, 0.1) is 0 Å². The first-order chi connectivity index (χ1) is 11.4. The average molecular weight is 324 g/mol. The molecule has 4 heterocycles. The van der Waals surface area contributed by atoms with Crippen LogP contribution < -0.4 is 0 Å². The van der Waals surface area contributed by atoms with Gasteiger partial charge in [-0.15, -0.1) is 11.3 Å². The van der Waals surface area contributed by atoms with E-state index in [1.807, 2.05) is 36.2 Å². The lowest BCUT2D eigenvalue weighted by atomic mass is 10.4. The minimum Gasteiger partial charge on any atom is -0.326 e. The van der Waals surface area contributed by atoms with E-state index in [0.717, 1.165) is 40.7 Å². The number of aryl methyl sites for hydroxylation is 1. The van der Waals surface area contributed by atoms with Gasteiger partial charge in [0.1, 0.15) is 11.3 Å².